The number of benzene rings is 1. The number of halogens is 1. The van der Waals surface area contributed by atoms with Crippen molar-refractivity contribution in [2.75, 3.05) is 6.54 Å². The summed E-state index contributed by atoms with van der Waals surface area (Å²) in [4.78, 5) is 11.9. The van der Waals surface area contributed by atoms with E-state index in [0.29, 0.717) is 24.2 Å². The van der Waals surface area contributed by atoms with Gasteiger partial charge in [0, 0.05) is 23.9 Å². The highest BCUT2D eigenvalue weighted by atomic mass is 35.5. The molecule has 2 heterocycles. The second-order valence-electron chi connectivity index (χ2n) is 5.05. The van der Waals surface area contributed by atoms with Gasteiger partial charge < -0.3 is 14.3 Å². The number of amides is 1. The Balaban J connectivity index is 1.53. The molecule has 3 aromatic rings. The smallest absolute Gasteiger partial charge is 0.229 e. The second kappa shape index (κ2) is 6.23. The third kappa shape index (κ3) is 3.14. The third-order valence-corrected chi connectivity index (χ3v) is 3.74. The maximum Gasteiger partial charge on any atom is 0.229 e. The number of carbonyl (C=O) groups is 1. The Bertz CT molecular complexity index is 754. The zero-order chi connectivity index (χ0) is 15.5. The first-order valence-electron chi connectivity index (χ1n) is 6.98. The van der Waals surface area contributed by atoms with Crippen molar-refractivity contribution in [1.29, 1.82) is 0 Å². The number of hydrogen-bond acceptors (Lipinski definition) is 4. The van der Waals surface area contributed by atoms with Crippen LogP contribution < -0.4 is 5.32 Å². The molecule has 1 aromatic carbocycles. The van der Waals surface area contributed by atoms with E-state index in [1.165, 1.54) is 0 Å². The number of rotatable bonds is 5. The van der Waals surface area contributed by atoms with Crippen LogP contribution in [0, 0.1) is 6.92 Å². The quantitative estimate of drug-likeness (QED) is 0.784. The monoisotopic (exact) mass is 318 g/mol. The van der Waals surface area contributed by atoms with Crippen LogP contribution in [0.15, 0.2) is 39.3 Å². The molecule has 0 aliphatic rings. The highest BCUT2D eigenvalue weighted by Gasteiger charge is 2.14. The minimum absolute atomic E-state index is 0.121. The standard InChI is InChI=1S/C16H15ClN2O3/c1-10-13(16(17)22-19-10)9-15(20)18-7-6-12-8-11-4-2-3-5-14(11)21-12/h2-5,8H,6-7,9H2,1H3,(H,18,20). The highest BCUT2D eigenvalue weighted by molar-refractivity contribution is 6.29. The molecule has 0 spiro atoms. The molecule has 0 atom stereocenters. The van der Waals surface area contributed by atoms with E-state index in [-0.39, 0.29) is 17.5 Å². The van der Waals surface area contributed by atoms with Crippen LogP contribution in [-0.2, 0) is 17.6 Å². The minimum atomic E-state index is -0.121. The summed E-state index contributed by atoms with van der Waals surface area (Å²) in [6, 6.07) is 9.81. The number of nitrogens with zero attached hydrogens (tertiary/aromatic N) is 1. The van der Waals surface area contributed by atoms with E-state index in [1.807, 2.05) is 30.3 Å². The average Bonchev–Trinajstić information content (AvgIpc) is 3.05. The van der Waals surface area contributed by atoms with E-state index in [9.17, 15) is 4.79 Å². The summed E-state index contributed by atoms with van der Waals surface area (Å²) in [6.45, 7) is 2.26. The molecule has 1 amide bonds. The predicted octanol–water partition coefficient (Wildman–Crippen LogP) is 3.28. The van der Waals surface area contributed by atoms with Crippen LogP contribution in [0.25, 0.3) is 11.0 Å². The number of aryl methyl sites for hydroxylation is 1. The molecule has 3 rings (SSSR count). The van der Waals surface area contributed by atoms with Crippen molar-refractivity contribution < 1.29 is 13.7 Å². The molecule has 22 heavy (non-hydrogen) atoms. The number of fused-ring (bicyclic) bond motifs is 1. The topological polar surface area (TPSA) is 68.3 Å². The Morgan fingerprint density at radius 2 is 2.18 bits per heavy atom. The first-order valence-corrected chi connectivity index (χ1v) is 7.36. The molecule has 2 aromatic heterocycles. The maximum absolute atomic E-state index is 11.9. The van der Waals surface area contributed by atoms with Crippen molar-refractivity contribution in [1.82, 2.24) is 10.5 Å². The molecule has 0 unspecified atom stereocenters. The fourth-order valence-electron chi connectivity index (χ4n) is 2.27. The SMILES string of the molecule is Cc1noc(Cl)c1CC(=O)NCCc1cc2ccccc2o1. The summed E-state index contributed by atoms with van der Waals surface area (Å²) in [7, 11) is 0. The fourth-order valence-corrected chi connectivity index (χ4v) is 2.50. The highest BCUT2D eigenvalue weighted by Crippen LogP contribution is 2.20. The van der Waals surface area contributed by atoms with Crippen LogP contribution in [0.3, 0.4) is 0 Å². The molecular weight excluding hydrogens is 304 g/mol. The van der Waals surface area contributed by atoms with Crippen LogP contribution in [-0.4, -0.2) is 17.6 Å². The van der Waals surface area contributed by atoms with Crippen molar-refractivity contribution in [2.24, 2.45) is 0 Å². The molecule has 6 heteroatoms. The summed E-state index contributed by atoms with van der Waals surface area (Å²) in [5.74, 6) is 0.727. The number of carbonyl (C=O) groups excluding carboxylic acids is 1. The Kier molecular flexibility index (Phi) is 4.15. The number of hydrogen-bond donors (Lipinski definition) is 1. The van der Waals surface area contributed by atoms with E-state index >= 15 is 0 Å². The molecule has 0 saturated carbocycles. The van der Waals surface area contributed by atoms with Crippen molar-refractivity contribution in [3.63, 3.8) is 0 Å². The lowest BCUT2D eigenvalue weighted by molar-refractivity contribution is -0.120. The van der Waals surface area contributed by atoms with Gasteiger partial charge in [0.25, 0.3) is 0 Å². The Morgan fingerprint density at radius 1 is 1.36 bits per heavy atom. The Hall–Kier alpha value is -2.27. The van der Waals surface area contributed by atoms with Crippen LogP contribution in [0.1, 0.15) is 17.0 Å². The van der Waals surface area contributed by atoms with E-state index in [1.54, 1.807) is 6.92 Å². The van der Waals surface area contributed by atoms with Crippen molar-refractivity contribution in [3.05, 3.63) is 52.6 Å². The van der Waals surface area contributed by atoms with Gasteiger partial charge in [-0.3, -0.25) is 4.79 Å². The van der Waals surface area contributed by atoms with Crippen LogP contribution in [0.2, 0.25) is 5.22 Å². The lowest BCUT2D eigenvalue weighted by Gasteiger charge is -2.03. The van der Waals surface area contributed by atoms with E-state index < -0.39 is 0 Å². The zero-order valence-electron chi connectivity index (χ0n) is 12.1. The second-order valence-corrected chi connectivity index (χ2v) is 5.39. The largest absolute Gasteiger partial charge is 0.461 e. The van der Waals surface area contributed by atoms with Gasteiger partial charge in [-0.15, -0.1) is 0 Å². The van der Waals surface area contributed by atoms with Gasteiger partial charge in [0.2, 0.25) is 11.1 Å². The summed E-state index contributed by atoms with van der Waals surface area (Å²) >= 11 is 5.84. The summed E-state index contributed by atoms with van der Waals surface area (Å²) < 4.78 is 10.5. The normalized spacial score (nSPS) is 11.0. The molecule has 0 aliphatic carbocycles. The van der Waals surface area contributed by atoms with Gasteiger partial charge in [-0.2, -0.15) is 0 Å². The molecular formula is C16H15ClN2O3. The summed E-state index contributed by atoms with van der Waals surface area (Å²) in [5, 5.41) is 7.80. The maximum atomic E-state index is 11.9. The molecule has 0 radical (unpaired) electrons. The van der Waals surface area contributed by atoms with Gasteiger partial charge in [0.1, 0.15) is 11.3 Å². The van der Waals surface area contributed by atoms with Gasteiger partial charge >= 0.3 is 0 Å². The van der Waals surface area contributed by atoms with Crippen molar-refractivity contribution >= 4 is 28.5 Å². The number of nitrogens with one attached hydrogen (secondary N) is 1. The number of furan rings is 1. The summed E-state index contributed by atoms with van der Waals surface area (Å²) in [6.07, 6.45) is 0.797. The minimum Gasteiger partial charge on any atom is -0.461 e. The Labute approximate surface area is 132 Å². The third-order valence-electron chi connectivity index (χ3n) is 3.44. The predicted molar refractivity (Wildman–Crippen MR) is 82.9 cm³/mol. The zero-order valence-corrected chi connectivity index (χ0v) is 12.8. The average molecular weight is 319 g/mol. The van der Waals surface area contributed by atoms with Crippen molar-refractivity contribution in [3.8, 4) is 0 Å². The van der Waals surface area contributed by atoms with Crippen LogP contribution >= 0.6 is 11.6 Å². The summed E-state index contributed by atoms with van der Waals surface area (Å²) in [5.41, 5.74) is 2.12. The Morgan fingerprint density at radius 3 is 2.91 bits per heavy atom. The van der Waals surface area contributed by atoms with Gasteiger partial charge in [0.15, 0.2) is 0 Å². The number of para-hydroxylation sites is 1. The van der Waals surface area contributed by atoms with Gasteiger partial charge in [-0.25, -0.2) is 0 Å². The molecule has 0 aliphatic heterocycles. The molecule has 1 N–H and O–H groups in total. The molecule has 0 bridgehead atoms. The van der Waals surface area contributed by atoms with Gasteiger partial charge in [-0.05, 0) is 30.7 Å². The van der Waals surface area contributed by atoms with Gasteiger partial charge in [0.05, 0.1) is 12.1 Å². The fraction of sp³-hybridized carbons (Fsp3) is 0.250. The van der Waals surface area contributed by atoms with Crippen molar-refractivity contribution in [2.45, 2.75) is 19.8 Å². The first-order chi connectivity index (χ1) is 10.6. The molecule has 0 saturated heterocycles. The van der Waals surface area contributed by atoms with E-state index in [2.05, 4.69) is 10.5 Å². The van der Waals surface area contributed by atoms with Crippen LogP contribution in [0.5, 0.6) is 0 Å². The number of aromatic nitrogens is 1. The first kappa shape index (κ1) is 14.7. The van der Waals surface area contributed by atoms with E-state index in [0.717, 1.165) is 16.7 Å². The molecule has 5 nitrogen and oxygen atoms in total. The van der Waals surface area contributed by atoms with E-state index in [4.69, 9.17) is 20.5 Å². The van der Waals surface area contributed by atoms with Crippen LogP contribution in [0.4, 0.5) is 0 Å². The lowest BCUT2D eigenvalue weighted by Crippen LogP contribution is -2.27. The molecule has 0 fully saturated rings. The van der Waals surface area contributed by atoms with Gasteiger partial charge in [-0.1, -0.05) is 23.4 Å². The molecule has 114 valence electrons. The lowest BCUT2D eigenvalue weighted by atomic mass is 10.2.